The lowest BCUT2D eigenvalue weighted by molar-refractivity contribution is 0.0918. The molecule has 5 nitrogen and oxygen atoms in total. The number of aryl methyl sites for hydroxylation is 1. The van der Waals surface area contributed by atoms with Crippen LogP contribution in [0.5, 0.6) is 5.75 Å². The average Bonchev–Trinajstić information content (AvgIpc) is 3.12. The summed E-state index contributed by atoms with van der Waals surface area (Å²) < 4.78 is 11.7. The van der Waals surface area contributed by atoms with Gasteiger partial charge in [0.2, 0.25) is 0 Å². The molecule has 0 saturated carbocycles. The van der Waals surface area contributed by atoms with Crippen molar-refractivity contribution in [2.75, 3.05) is 26.2 Å². The van der Waals surface area contributed by atoms with Crippen LogP contribution in [0.15, 0.2) is 52.9 Å². The number of carbonyl (C=O) groups excluding carboxylic acids is 1. The minimum Gasteiger partial charge on any atom is -0.492 e. The maximum absolute atomic E-state index is 12.9. The molecular formula is C24H28N2O3. The molecule has 1 amide bonds. The Labute approximate surface area is 171 Å². The molecule has 0 bridgehead atoms. The van der Waals surface area contributed by atoms with E-state index in [4.69, 9.17) is 9.15 Å². The molecule has 29 heavy (non-hydrogen) atoms. The number of amides is 1. The zero-order chi connectivity index (χ0) is 20.1. The van der Waals surface area contributed by atoms with E-state index in [0.717, 1.165) is 41.9 Å². The Hall–Kier alpha value is -2.79. The van der Waals surface area contributed by atoms with Crippen LogP contribution in [-0.2, 0) is 6.54 Å². The molecule has 3 aromatic rings. The summed E-state index contributed by atoms with van der Waals surface area (Å²) >= 11 is 0. The van der Waals surface area contributed by atoms with E-state index in [9.17, 15) is 4.79 Å². The van der Waals surface area contributed by atoms with Gasteiger partial charge in [-0.15, -0.1) is 0 Å². The van der Waals surface area contributed by atoms with Crippen molar-refractivity contribution in [3.63, 3.8) is 0 Å². The summed E-state index contributed by atoms with van der Waals surface area (Å²) in [7, 11) is 0. The molecule has 1 aliphatic heterocycles. The minimum absolute atomic E-state index is 0.180. The van der Waals surface area contributed by atoms with Crippen LogP contribution in [0.4, 0.5) is 0 Å². The number of furan rings is 1. The van der Waals surface area contributed by atoms with Crippen molar-refractivity contribution in [1.82, 2.24) is 10.2 Å². The lowest BCUT2D eigenvalue weighted by atomic mass is 10.1. The molecule has 0 spiro atoms. The second kappa shape index (κ2) is 9.14. The van der Waals surface area contributed by atoms with Gasteiger partial charge in [0, 0.05) is 17.5 Å². The molecule has 1 saturated heterocycles. The highest BCUT2D eigenvalue weighted by Gasteiger charge is 2.22. The Morgan fingerprint density at radius 2 is 1.83 bits per heavy atom. The number of nitrogens with zero attached hydrogens (tertiary/aromatic N) is 1. The second-order valence-electron chi connectivity index (χ2n) is 7.66. The number of hydrogen-bond donors (Lipinski definition) is 1. The Balaban J connectivity index is 1.42. The number of hydrogen-bond acceptors (Lipinski definition) is 4. The van der Waals surface area contributed by atoms with Gasteiger partial charge in [-0.25, -0.2) is 0 Å². The molecule has 0 aliphatic carbocycles. The quantitative estimate of drug-likeness (QED) is 0.600. The summed E-state index contributed by atoms with van der Waals surface area (Å²) in [5.41, 5.74) is 2.94. The summed E-state index contributed by atoms with van der Waals surface area (Å²) in [4.78, 5) is 15.3. The number of rotatable bonds is 7. The van der Waals surface area contributed by atoms with E-state index in [0.29, 0.717) is 18.9 Å². The van der Waals surface area contributed by atoms with Gasteiger partial charge in [-0.2, -0.15) is 0 Å². The third-order valence-corrected chi connectivity index (χ3v) is 5.41. The van der Waals surface area contributed by atoms with Crippen LogP contribution in [0.3, 0.4) is 0 Å². The lowest BCUT2D eigenvalue weighted by Gasteiger charge is -2.26. The number of carbonyl (C=O) groups is 1. The number of piperidine rings is 1. The molecule has 1 aromatic heterocycles. The van der Waals surface area contributed by atoms with Crippen LogP contribution in [0, 0.1) is 6.92 Å². The van der Waals surface area contributed by atoms with Crippen LogP contribution in [0.25, 0.3) is 11.0 Å². The largest absolute Gasteiger partial charge is 0.492 e. The lowest BCUT2D eigenvalue weighted by Crippen LogP contribution is -2.31. The maximum atomic E-state index is 12.9. The fourth-order valence-corrected chi connectivity index (χ4v) is 3.83. The van der Waals surface area contributed by atoms with Gasteiger partial charge in [0.1, 0.15) is 17.9 Å². The van der Waals surface area contributed by atoms with Crippen LogP contribution in [0.1, 0.15) is 40.9 Å². The first-order valence-electron chi connectivity index (χ1n) is 10.4. The van der Waals surface area contributed by atoms with Gasteiger partial charge in [-0.1, -0.05) is 42.3 Å². The number of likely N-dealkylation sites (tertiary alicyclic amines) is 1. The van der Waals surface area contributed by atoms with Crippen molar-refractivity contribution >= 4 is 16.9 Å². The van der Waals surface area contributed by atoms with E-state index in [1.165, 1.54) is 24.8 Å². The van der Waals surface area contributed by atoms with Crippen molar-refractivity contribution in [2.45, 2.75) is 32.7 Å². The molecule has 2 aromatic carbocycles. The molecule has 0 unspecified atom stereocenters. The first-order chi connectivity index (χ1) is 14.2. The van der Waals surface area contributed by atoms with Crippen LogP contribution in [0.2, 0.25) is 0 Å². The summed E-state index contributed by atoms with van der Waals surface area (Å²) in [5, 5.41) is 3.97. The van der Waals surface area contributed by atoms with Gasteiger partial charge in [-0.3, -0.25) is 9.69 Å². The van der Waals surface area contributed by atoms with Gasteiger partial charge in [0.25, 0.3) is 5.91 Å². The Morgan fingerprint density at radius 3 is 2.62 bits per heavy atom. The number of ether oxygens (including phenoxy) is 1. The van der Waals surface area contributed by atoms with Crippen LogP contribution >= 0.6 is 0 Å². The van der Waals surface area contributed by atoms with E-state index in [1.807, 2.05) is 55.5 Å². The Kier molecular flexibility index (Phi) is 6.15. The van der Waals surface area contributed by atoms with Crippen LogP contribution in [-0.4, -0.2) is 37.0 Å². The van der Waals surface area contributed by atoms with Crippen molar-refractivity contribution < 1.29 is 13.9 Å². The first kappa shape index (κ1) is 19.5. The third-order valence-electron chi connectivity index (χ3n) is 5.41. The van der Waals surface area contributed by atoms with E-state index in [2.05, 4.69) is 10.2 Å². The topological polar surface area (TPSA) is 54.7 Å². The first-order valence-corrected chi connectivity index (χ1v) is 10.4. The molecule has 1 fully saturated rings. The smallest absolute Gasteiger partial charge is 0.287 e. The molecule has 0 radical (unpaired) electrons. The highest BCUT2D eigenvalue weighted by molar-refractivity contribution is 5.99. The van der Waals surface area contributed by atoms with Gasteiger partial charge in [0.15, 0.2) is 5.76 Å². The monoisotopic (exact) mass is 392 g/mol. The van der Waals surface area contributed by atoms with Crippen molar-refractivity contribution in [1.29, 1.82) is 0 Å². The maximum Gasteiger partial charge on any atom is 0.287 e. The fraction of sp³-hybridized carbons (Fsp3) is 0.375. The van der Waals surface area contributed by atoms with Gasteiger partial charge in [0.05, 0.1) is 6.54 Å². The van der Waals surface area contributed by atoms with E-state index < -0.39 is 0 Å². The molecule has 1 aliphatic rings. The number of benzene rings is 2. The van der Waals surface area contributed by atoms with E-state index in [-0.39, 0.29) is 5.91 Å². The Bertz CT molecular complexity index is 956. The summed E-state index contributed by atoms with van der Waals surface area (Å²) in [5.74, 6) is 1.05. The van der Waals surface area contributed by atoms with E-state index in [1.54, 1.807) is 0 Å². The third kappa shape index (κ3) is 4.80. The van der Waals surface area contributed by atoms with Gasteiger partial charge >= 0.3 is 0 Å². The molecule has 2 heterocycles. The number of para-hydroxylation sites is 1. The normalized spacial score (nSPS) is 14.8. The highest BCUT2D eigenvalue weighted by atomic mass is 16.5. The predicted molar refractivity (Wildman–Crippen MR) is 114 cm³/mol. The minimum atomic E-state index is -0.180. The Morgan fingerprint density at radius 1 is 1.07 bits per heavy atom. The van der Waals surface area contributed by atoms with Crippen LogP contribution < -0.4 is 10.1 Å². The number of fused-ring (bicyclic) bond motifs is 1. The molecule has 4 rings (SSSR count). The SMILES string of the molecule is Cc1ccc(OCCNC(=O)c2oc3ccccc3c2CN2CCCCC2)cc1. The molecule has 1 N–H and O–H groups in total. The average molecular weight is 392 g/mol. The highest BCUT2D eigenvalue weighted by Crippen LogP contribution is 2.28. The standard InChI is InChI=1S/C24H28N2O3/c1-18-9-11-19(12-10-18)28-16-13-25-24(27)23-21(17-26-14-5-2-6-15-26)20-7-3-4-8-22(20)29-23/h3-4,7-12H,2,5-6,13-17H2,1H3,(H,25,27). The van der Waals surface area contributed by atoms with Gasteiger partial charge in [-0.05, 0) is 51.1 Å². The van der Waals surface area contributed by atoms with Crippen molar-refractivity contribution in [3.05, 3.63) is 65.4 Å². The van der Waals surface area contributed by atoms with Gasteiger partial charge < -0.3 is 14.5 Å². The molecule has 152 valence electrons. The van der Waals surface area contributed by atoms with Crippen molar-refractivity contribution in [3.8, 4) is 5.75 Å². The zero-order valence-corrected chi connectivity index (χ0v) is 16.9. The fourth-order valence-electron chi connectivity index (χ4n) is 3.83. The summed E-state index contributed by atoms with van der Waals surface area (Å²) in [6, 6.07) is 15.8. The van der Waals surface area contributed by atoms with E-state index >= 15 is 0 Å². The molecular weight excluding hydrogens is 364 g/mol. The predicted octanol–water partition coefficient (Wildman–Crippen LogP) is 4.54. The number of nitrogens with one attached hydrogen (secondary N) is 1. The summed E-state index contributed by atoms with van der Waals surface area (Å²) in [6.07, 6.45) is 3.72. The molecule has 0 atom stereocenters. The summed E-state index contributed by atoms with van der Waals surface area (Å²) in [6.45, 7) is 5.78. The van der Waals surface area contributed by atoms with Crippen molar-refractivity contribution in [2.24, 2.45) is 0 Å². The second-order valence-corrected chi connectivity index (χ2v) is 7.66. The molecule has 5 heteroatoms. The zero-order valence-electron chi connectivity index (χ0n) is 16.9.